The van der Waals surface area contributed by atoms with Gasteiger partial charge < -0.3 is 10.2 Å². The predicted octanol–water partition coefficient (Wildman–Crippen LogP) is 5.89. The van der Waals surface area contributed by atoms with E-state index in [1.165, 1.54) is 9.21 Å². The second-order valence-electron chi connectivity index (χ2n) is 11.3. The molecule has 8 heteroatoms. The first-order chi connectivity index (χ1) is 21.0. The van der Waals surface area contributed by atoms with E-state index >= 15 is 0 Å². The molecular weight excluding hydrogens is 570 g/mol. The Morgan fingerprint density at radius 2 is 1.36 bits per heavy atom. The van der Waals surface area contributed by atoms with Gasteiger partial charge in [0.05, 0.1) is 10.6 Å². The third-order valence-corrected chi connectivity index (χ3v) is 9.23. The zero-order chi connectivity index (χ0) is 31.9. The van der Waals surface area contributed by atoms with E-state index in [2.05, 4.69) is 5.32 Å². The topological polar surface area (TPSA) is 86.8 Å². The number of carbonyl (C=O) groups is 2. The molecule has 0 radical (unpaired) electrons. The molecule has 44 heavy (non-hydrogen) atoms. The van der Waals surface area contributed by atoms with Crippen LogP contribution in [-0.2, 0) is 32.6 Å². The van der Waals surface area contributed by atoms with Crippen molar-refractivity contribution in [2.24, 2.45) is 0 Å². The lowest BCUT2D eigenvalue weighted by Gasteiger charge is -2.34. The number of amides is 2. The molecule has 1 atom stereocenters. The van der Waals surface area contributed by atoms with E-state index in [1.54, 1.807) is 36.4 Å². The van der Waals surface area contributed by atoms with Crippen molar-refractivity contribution in [1.82, 2.24) is 10.2 Å². The van der Waals surface area contributed by atoms with Gasteiger partial charge in [-0.15, -0.1) is 0 Å². The quantitative estimate of drug-likeness (QED) is 0.216. The smallest absolute Gasteiger partial charge is 0.264 e. The summed E-state index contributed by atoms with van der Waals surface area (Å²) in [6.45, 7) is 9.53. The third kappa shape index (κ3) is 8.14. The fourth-order valence-corrected chi connectivity index (χ4v) is 6.71. The number of likely N-dealkylation sites (N-methyl/N-ethyl adjacent to an activating group) is 1. The number of sulfonamides is 1. The first kappa shape index (κ1) is 32.5. The largest absolute Gasteiger partial charge is 0.355 e. The van der Waals surface area contributed by atoms with Crippen molar-refractivity contribution < 1.29 is 18.0 Å². The highest BCUT2D eigenvalue weighted by atomic mass is 32.2. The van der Waals surface area contributed by atoms with Gasteiger partial charge in [-0.3, -0.25) is 13.9 Å². The molecule has 0 aliphatic heterocycles. The number of aryl methyl sites for hydroxylation is 4. The molecule has 1 N–H and O–H groups in total. The highest BCUT2D eigenvalue weighted by Gasteiger charge is 2.34. The van der Waals surface area contributed by atoms with Gasteiger partial charge in [0.25, 0.3) is 10.0 Å². The summed E-state index contributed by atoms with van der Waals surface area (Å²) in [6, 6.07) is 28.5. The summed E-state index contributed by atoms with van der Waals surface area (Å²) in [5, 5.41) is 2.90. The van der Waals surface area contributed by atoms with E-state index in [0.717, 1.165) is 33.4 Å². The van der Waals surface area contributed by atoms with Crippen molar-refractivity contribution in [1.29, 1.82) is 0 Å². The summed E-state index contributed by atoms with van der Waals surface area (Å²) >= 11 is 0. The van der Waals surface area contributed by atoms with Crippen LogP contribution in [0.15, 0.2) is 102 Å². The minimum absolute atomic E-state index is 0.0878. The normalized spacial score (nSPS) is 11.9. The van der Waals surface area contributed by atoms with E-state index in [0.29, 0.717) is 12.2 Å². The molecule has 0 aliphatic carbocycles. The molecule has 4 aromatic carbocycles. The Kier molecular flexibility index (Phi) is 10.6. The average molecular weight is 612 g/mol. The first-order valence-electron chi connectivity index (χ1n) is 14.8. The fourth-order valence-electron chi connectivity index (χ4n) is 5.31. The molecular formula is C36H41N3O4S. The molecule has 0 spiro atoms. The lowest BCUT2D eigenvalue weighted by atomic mass is 10.0. The van der Waals surface area contributed by atoms with Gasteiger partial charge in [0, 0.05) is 19.5 Å². The number of carbonyl (C=O) groups excluding carboxylic acids is 2. The Bertz CT molecular complexity index is 1680. The second kappa shape index (κ2) is 14.4. The zero-order valence-corrected chi connectivity index (χ0v) is 26.9. The number of hydrogen-bond donors (Lipinski definition) is 1. The summed E-state index contributed by atoms with van der Waals surface area (Å²) in [4.78, 5) is 29.7. The molecule has 230 valence electrons. The van der Waals surface area contributed by atoms with Crippen LogP contribution in [0, 0.1) is 27.7 Å². The number of nitrogens with one attached hydrogen (secondary N) is 1. The van der Waals surface area contributed by atoms with Gasteiger partial charge in [-0.1, -0.05) is 83.9 Å². The van der Waals surface area contributed by atoms with Crippen LogP contribution in [0.4, 0.5) is 5.69 Å². The third-order valence-electron chi connectivity index (χ3n) is 7.44. The first-order valence-corrected chi connectivity index (χ1v) is 16.3. The molecule has 4 rings (SSSR count). The van der Waals surface area contributed by atoms with Crippen molar-refractivity contribution in [2.75, 3.05) is 17.4 Å². The Labute approximate surface area is 261 Å². The highest BCUT2D eigenvalue weighted by molar-refractivity contribution is 7.92. The van der Waals surface area contributed by atoms with Crippen LogP contribution < -0.4 is 9.62 Å². The van der Waals surface area contributed by atoms with Gasteiger partial charge in [0.15, 0.2) is 0 Å². The van der Waals surface area contributed by atoms with Gasteiger partial charge in [0.2, 0.25) is 11.8 Å². The van der Waals surface area contributed by atoms with Crippen LogP contribution >= 0.6 is 0 Å². The molecule has 2 amide bonds. The minimum atomic E-state index is -4.14. The van der Waals surface area contributed by atoms with Gasteiger partial charge in [-0.05, 0) is 81.1 Å². The van der Waals surface area contributed by atoms with Crippen LogP contribution in [0.5, 0.6) is 0 Å². The van der Waals surface area contributed by atoms with E-state index in [9.17, 15) is 18.0 Å². The van der Waals surface area contributed by atoms with Crippen molar-refractivity contribution >= 4 is 27.5 Å². The maximum absolute atomic E-state index is 14.5. The van der Waals surface area contributed by atoms with Gasteiger partial charge >= 0.3 is 0 Å². The van der Waals surface area contributed by atoms with E-state index < -0.39 is 28.5 Å². The summed E-state index contributed by atoms with van der Waals surface area (Å²) in [7, 11) is -4.14. The molecule has 0 aromatic heterocycles. The molecule has 4 aromatic rings. The van der Waals surface area contributed by atoms with Crippen LogP contribution in [0.2, 0.25) is 0 Å². The molecule has 7 nitrogen and oxygen atoms in total. The summed E-state index contributed by atoms with van der Waals surface area (Å²) in [5.41, 5.74) is 5.82. The molecule has 0 fully saturated rings. The highest BCUT2D eigenvalue weighted by Crippen LogP contribution is 2.27. The second-order valence-corrected chi connectivity index (χ2v) is 13.1. The maximum atomic E-state index is 14.5. The Balaban J connectivity index is 1.82. The average Bonchev–Trinajstić information content (AvgIpc) is 2.98. The number of rotatable bonds is 12. The van der Waals surface area contributed by atoms with Crippen LogP contribution in [-0.4, -0.2) is 44.3 Å². The fraction of sp³-hybridized carbons (Fsp3) is 0.278. The maximum Gasteiger partial charge on any atom is 0.264 e. The van der Waals surface area contributed by atoms with Gasteiger partial charge in [-0.2, -0.15) is 0 Å². The van der Waals surface area contributed by atoms with Gasteiger partial charge in [0.1, 0.15) is 12.6 Å². The number of nitrogens with zero attached hydrogens (tertiary/aromatic N) is 2. The molecule has 0 heterocycles. The number of hydrogen-bond acceptors (Lipinski definition) is 4. The lowest BCUT2D eigenvalue weighted by Crippen LogP contribution is -2.53. The molecule has 0 bridgehead atoms. The molecule has 0 saturated heterocycles. The SMILES string of the molecule is CCNC(=O)[C@@H](Cc1ccccc1)N(Cc1cccc(C)c1)C(=O)CN(c1cc(C)cc(C)c1)S(=O)(=O)c1ccc(C)cc1. The van der Waals surface area contributed by atoms with Crippen LogP contribution in [0.3, 0.4) is 0 Å². The minimum Gasteiger partial charge on any atom is -0.355 e. The Morgan fingerprint density at radius 3 is 1.98 bits per heavy atom. The van der Waals surface area contributed by atoms with Gasteiger partial charge in [-0.25, -0.2) is 8.42 Å². The number of benzene rings is 4. The summed E-state index contributed by atoms with van der Waals surface area (Å²) in [6.07, 6.45) is 0.276. The van der Waals surface area contributed by atoms with E-state index in [4.69, 9.17) is 0 Å². The number of anilines is 1. The van der Waals surface area contributed by atoms with Crippen molar-refractivity contribution in [3.63, 3.8) is 0 Å². The summed E-state index contributed by atoms with van der Waals surface area (Å²) < 4.78 is 29.6. The Morgan fingerprint density at radius 1 is 0.727 bits per heavy atom. The monoisotopic (exact) mass is 611 g/mol. The standard InChI is InChI=1S/C36H41N3O4S/c1-6-37-36(41)34(23-30-12-8-7-9-13-30)38(24-31-14-10-11-27(3)20-31)35(40)25-39(32-21-28(4)19-29(5)22-32)44(42,43)33-17-15-26(2)16-18-33/h7-22,34H,6,23-25H2,1-5H3,(H,37,41)/t34-/m1/s1. The van der Waals surface area contributed by atoms with Crippen molar-refractivity contribution in [3.05, 3.63) is 130 Å². The van der Waals surface area contributed by atoms with Crippen molar-refractivity contribution in [2.45, 2.75) is 58.5 Å². The zero-order valence-electron chi connectivity index (χ0n) is 26.1. The Hall–Kier alpha value is -4.43. The molecule has 0 saturated carbocycles. The van der Waals surface area contributed by atoms with Crippen LogP contribution in [0.1, 0.15) is 40.3 Å². The molecule has 0 aliphatic rings. The molecule has 0 unspecified atom stereocenters. The van der Waals surface area contributed by atoms with E-state index in [1.807, 2.05) is 95.3 Å². The lowest BCUT2D eigenvalue weighted by molar-refractivity contribution is -0.140. The predicted molar refractivity (Wildman–Crippen MR) is 176 cm³/mol. The van der Waals surface area contributed by atoms with E-state index in [-0.39, 0.29) is 23.8 Å². The summed E-state index contributed by atoms with van der Waals surface area (Å²) in [5.74, 6) is -0.773. The van der Waals surface area contributed by atoms with Crippen LogP contribution in [0.25, 0.3) is 0 Å². The van der Waals surface area contributed by atoms with Crippen molar-refractivity contribution in [3.8, 4) is 0 Å².